The van der Waals surface area contributed by atoms with Gasteiger partial charge in [0.1, 0.15) is 5.75 Å². The minimum absolute atomic E-state index is 0.00611. The highest BCUT2D eigenvalue weighted by atomic mass is 16.5. The van der Waals surface area contributed by atoms with Crippen LogP contribution in [0.3, 0.4) is 0 Å². The topological polar surface area (TPSA) is 86.2 Å². The molecule has 7 heteroatoms. The molecular formula is C19H28N4O3. The monoisotopic (exact) mass is 360 g/mol. The van der Waals surface area contributed by atoms with E-state index < -0.39 is 0 Å². The number of ether oxygens (including phenoxy) is 1. The standard InChI is InChI=1S/C19H28N4O3/c1-20-19(21-11-13-5-3-8-17(13)24)22-14-9-18(25)23(12-14)15-6-4-7-16(10-15)26-2/h4,6-7,10,13-14,17,24H,3,5,8-9,11-12H2,1-2H3,(H2,20,21,22). The van der Waals surface area contributed by atoms with Gasteiger partial charge in [-0.05, 0) is 25.0 Å². The Morgan fingerprint density at radius 3 is 2.96 bits per heavy atom. The van der Waals surface area contributed by atoms with Gasteiger partial charge < -0.3 is 25.4 Å². The average molecular weight is 360 g/mol. The molecule has 0 bridgehead atoms. The van der Waals surface area contributed by atoms with Gasteiger partial charge in [-0.3, -0.25) is 9.79 Å². The molecule has 2 aliphatic rings. The largest absolute Gasteiger partial charge is 0.497 e. The van der Waals surface area contributed by atoms with E-state index >= 15 is 0 Å². The molecule has 1 aliphatic heterocycles. The predicted molar refractivity (Wildman–Crippen MR) is 102 cm³/mol. The number of aliphatic imine (C=N–C) groups is 1. The van der Waals surface area contributed by atoms with Crippen LogP contribution in [-0.2, 0) is 4.79 Å². The van der Waals surface area contributed by atoms with Crippen molar-refractivity contribution >= 4 is 17.6 Å². The maximum Gasteiger partial charge on any atom is 0.229 e. The van der Waals surface area contributed by atoms with Crippen LogP contribution in [0.1, 0.15) is 25.7 Å². The van der Waals surface area contributed by atoms with Gasteiger partial charge in [0.15, 0.2) is 5.96 Å². The normalized spacial score (nSPS) is 26.3. The van der Waals surface area contributed by atoms with Crippen LogP contribution in [0.25, 0.3) is 0 Å². The Morgan fingerprint density at radius 1 is 1.42 bits per heavy atom. The Morgan fingerprint density at radius 2 is 2.27 bits per heavy atom. The molecule has 1 saturated heterocycles. The van der Waals surface area contributed by atoms with E-state index in [9.17, 15) is 9.90 Å². The number of nitrogens with one attached hydrogen (secondary N) is 2. The van der Waals surface area contributed by atoms with Gasteiger partial charge in [-0.1, -0.05) is 12.5 Å². The first-order valence-electron chi connectivity index (χ1n) is 9.20. The van der Waals surface area contributed by atoms with Crippen LogP contribution in [-0.4, -0.2) is 56.4 Å². The van der Waals surface area contributed by atoms with E-state index in [0.717, 1.165) is 30.7 Å². The van der Waals surface area contributed by atoms with Gasteiger partial charge in [-0.25, -0.2) is 0 Å². The minimum atomic E-state index is -0.225. The molecule has 1 aliphatic carbocycles. The molecule has 0 spiro atoms. The third-order valence-electron chi connectivity index (χ3n) is 5.21. The molecule has 1 heterocycles. The molecule has 0 radical (unpaired) electrons. The summed E-state index contributed by atoms with van der Waals surface area (Å²) in [7, 11) is 3.34. The number of carbonyl (C=O) groups excluding carboxylic acids is 1. The highest BCUT2D eigenvalue weighted by Crippen LogP contribution is 2.26. The highest BCUT2D eigenvalue weighted by Gasteiger charge is 2.32. The average Bonchev–Trinajstić information content (AvgIpc) is 3.23. The molecule has 3 N–H and O–H groups in total. The molecule has 3 unspecified atom stereocenters. The van der Waals surface area contributed by atoms with Gasteiger partial charge in [-0.15, -0.1) is 0 Å². The van der Waals surface area contributed by atoms with Gasteiger partial charge in [0.05, 0.1) is 19.3 Å². The third-order valence-corrected chi connectivity index (χ3v) is 5.21. The van der Waals surface area contributed by atoms with E-state index in [1.807, 2.05) is 24.3 Å². The summed E-state index contributed by atoms with van der Waals surface area (Å²) in [6.07, 6.45) is 3.19. The van der Waals surface area contributed by atoms with E-state index in [1.165, 1.54) is 0 Å². The minimum Gasteiger partial charge on any atom is -0.497 e. The zero-order valence-electron chi connectivity index (χ0n) is 15.4. The fourth-order valence-electron chi connectivity index (χ4n) is 3.70. The lowest BCUT2D eigenvalue weighted by atomic mass is 10.1. The summed E-state index contributed by atoms with van der Waals surface area (Å²) < 4.78 is 5.24. The van der Waals surface area contributed by atoms with E-state index in [0.29, 0.717) is 25.5 Å². The van der Waals surface area contributed by atoms with Crippen LogP contribution >= 0.6 is 0 Å². The van der Waals surface area contributed by atoms with Crippen molar-refractivity contribution in [3.63, 3.8) is 0 Å². The van der Waals surface area contributed by atoms with E-state index in [2.05, 4.69) is 15.6 Å². The summed E-state index contributed by atoms with van der Waals surface area (Å²) >= 11 is 0. The Hall–Kier alpha value is -2.28. The van der Waals surface area contributed by atoms with Crippen molar-refractivity contribution in [2.75, 3.05) is 32.1 Å². The molecule has 3 rings (SSSR count). The molecule has 1 aromatic carbocycles. The SMILES string of the molecule is CN=C(NCC1CCCC1O)NC1CC(=O)N(c2cccc(OC)c2)C1. The maximum atomic E-state index is 12.4. The fourth-order valence-corrected chi connectivity index (χ4v) is 3.70. The maximum absolute atomic E-state index is 12.4. The summed E-state index contributed by atoms with van der Waals surface area (Å²) in [5.41, 5.74) is 0.843. The number of aliphatic hydroxyl groups is 1. The van der Waals surface area contributed by atoms with Crippen LogP contribution in [0.4, 0.5) is 5.69 Å². The summed E-state index contributed by atoms with van der Waals surface area (Å²) in [6, 6.07) is 7.53. The van der Waals surface area contributed by atoms with Gasteiger partial charge in [0, 0.05) is 44.2 Å². The smallest absolute Gasteiger partial charge is 0.229 e. The van der Waals surface area contributed by atoms with Gasteiger partial charge >= 0.3 is 0 Å². The van der Waals surface area contributed by atoms with Gasteiger partial charge in [0.25, 0.3) is 0 Å². The molecule has 3 atom stereocenters. The molecule has 142 valence electrons. The number of aliphatic hydroxyl groups excluding tert-OH is 1. The number of carbonyl (C=O) groups is 1. The first-order chi connectivity index (χ1) is 12.6. The zero-order chi connectivity index (χ0) is 18.5. The number of methoxy groups -OCH3 is 1. The number of anilines is 1. The van der Waals surface area contributed by atoms with Crippen molar-refractivity contribution in [3.05, 3.63) is 24.3 Å². The van der Waals surface area contributed by atoms with Crippen molar-refractivity contribution in [1.82, 2.24) is 10.6 Å². The van der Waals surface area contributed by atoms with Crippen molar-refractivity contribution in [2.45, 2.75) is 37.8 Å². The lowest BCUT2D eigenvalue weighted by Crippen LogP contribution is -2.46. The first-order valence-corrected chi connectivity index (χ1v) is 9.20. The molecule has 1 saturated carbocycles. The Balaban J connectivity index is 1.55. The fraction of sp³-hybridized carbons (Fsp3) is 0.579. The van der Waals surface area contributed by atoms with Crippen LogP contribution < -0.4 is 20.3 Å². The molecule has 2 fully saturated rings. The number of amides is 1. The van der Waals surface area contributed by atoms with E-state index in [1.54, 1.807) is 19.1 Å². The van der Waals surface area contributed by atoms with Crippen LogP contribution in [0.15, 0.2) is 29.3 Å². The lowest BCUT2D eigenvalue weighted by Gasteiger charge is -2.21. The summed E-state index contributed by atoms with van der Waals surface area (Å²) in [5, 5.41) is 16.5. The summed E-state index contributed by atoms with van der Waals surface area (Å²) in [6.45, 7) is 1.28. The number of hydrogen-bond acceptors (Lipinski definition) is 4. The Kier molecular flexibility index (Phi) is 5.98. The van der Waals surface area contributed by atoms with Crippen LogP contribution in [0.5, 0.6) is 5.75 Å². The van der Waals surface area contributed by atoms with Gasteiger partial charge in [0.2, 0.25) is 5.91 Å². The predicted octanol–water partition coefficient (Wildman–Crippen LogP) is 1.13. The molecule has 1 amide bonds. The molecule has 26 heavy (non-hydrogen) atoms. The quantitative estimate of drug-likeness (QED) is 0.541. The lowest BCUT2D eigenvalue weighted by molar-refractivity contribution is -0.117. The van der Waals surface area contributed by atoms with Crippen LogP contribution in [0, 0.1) is 5.92 Å². The van der Waals surface area contributed by atoms with E-state index in [4.69, 9.17) is 4.74 Å². The van der Waals surface area contributed by atoms with Crippen molar-refractivity contribution in [2.24, 2.45) is 10.9 Å². The van der Waals surface area contributed by atoms with Crippen molar-refractivity contribution in [1.29, 1.82) is 0 Å². The number of hydrogen-bond donors (Lipinski definition) is 3. The second-order valence-electron chi connectivity index (χ2n) is 6.96. The zero-order valence-corrected chi connectivity index (χ0v) is 15.4. The van der Waals surface area contributed by atoms with Crippen molar-refractivity contribution < 1.29 is 14.6 Å². The van der Waals surface area contributed by atoms with Gasteiger partial charge in [-0.2, -0.15) is 0 Å². The summed E-state index contributed by atoms with van der Waals surface area (Å²) in [5.74, 6) is 1.76. The van der Waals surface area contributed by atoms with E-state index in [-0.39, 0.29) is 24.0 Å². The first kappa shape index (κ1) is 18.5. The Bertz CT molecular complexity index is 664. The molecular weight excluding hydrogens is 332 g/mol. The van der Waals surface area contributed by atoms with Crippen molar-refractivity contribution in [3.8, 4) is 5.75 Å². The Labute approximate surface area is 154 Å². The molecule has 1 aromatic rings. The molecule has 7 nitrogen and oxygen atoms in total. The molecule has 0 aromatic heterocycles. The number of nitrogens with zero attached hydrogens (tertiary/aromatic N) is 2. The number of rotatable bonds is 5. The number of guanidine groups is 1. The summed E-state index contributed by atoms with van der Waals surface area (Å²) in [4.78, 5) is 18.4. The highest BCUT2D eigenvalue weighted by molar-refractivity contribution is 5.97. The van der Waals surface area contributed by atoms with Crippen LogP contribution in [0.2, 0.25) is 0 Å². The third kappa shape index (κ3) is 4.27. The second-order valence-corrected chi connectivity index (χ2v) is 6.96. The second kappa shape index (κ2) is 8.40. The number of benzene rings is 1.